The lowest BCUT2D eigenvalue weighted by molar-refractivity contribution is -0.115. The van der Waals surface area contributed by atoms with Crippen LogP contribution in [0.5, 0.6) is 0 Å². The van der Waals surface area contributed by atoms with Gasteiger partial charge in [0.15, 0.2) is 5.16 Å². The topological polar surface area (TPSA) is 46.9 Å². The number of nitrogens with one attached hydrogen (secondary N) is 1. The minimum Gasteiger partial charge on any atom is -0.329 e. The Hall–Kier alpha value is -1.75. The van der Waals surface area contributed by atoms with E-state index < -0.39 is 0 Å². The monoisotopic (exact) mass is 273 g/mol. The fourth-order valence-electron chi connectivity index (χ4n) is 2.20. The first-order chi connectivity index (χ1) is 9.24. The largest absolute Gasteiger partial charge is 0.329 e. The number of hydrogen-bond acceptors (Lipinski definition) is 3. The molecule has 1 atom stereocenters. The Morgan fingerprint density at radius 1 is 1.42 bits per heavy atom. The van der Waals surface area contributed by atoms with Crippen LogP contribution in [0.4, 0.5) is 5.69 Å². The molecule has 0 spiro atoms. The Morgan fingerprint density at radius 3 is 3.05 bits per heavy atom. The van der Waals surface area contributed by atoms with Gasteiger partial charge in [0.1, 0.15) is 0 Å². The van der Waals surface area contributed by atoms with Gasteiger partial charge >= 0.3 is 0 Å². The highest BCUT2D eigenvalue weighted by Gasteiger charge is 2.25. The number of carbonyl (C=O) groups excluding carboxylic acids is 1. The van der Waals surface area contributed by atoms with Gasteiger partial charge < -0.3 is 9.88 Å². The van der Waals surface area contributed by atoms with Crippen LogP contribution >= 0.6 is 11.8 Å². The molecule has 0 bridgehead atoms. The van der Waals surface area contributed by atoms with Crippen LogP contribution in [-0.2, 0) is 18.3 Å². The molecule has 1 unspecified atom stereocenters. The maximum Gasteiger partial charge on any atom is 0.237 e. The number of aryl methyl sites for hydroxylation is 2. The maximum atomic E-state index is 12.2. The Balaban J connectivity index is 1.79. The van der Waals surface area contributed by atoms with Crippen molar-refractivity contribution in [3.05, 3.63) is 42.2 Å². The lowest BCUT2D eigenvalue weighted by Gasteiger charge is -2.12. The van der Waals surface area contributed by atoms with E-state index in [1.54, 1.807) is 6.20 Å². The number of amides is 1. The summed E-state index contributed by atoms with van der Waals surface area (Å²) < 4.78 is 1.94. The average molecular weight is 273 g/mol. The van der Waals surface area contributed by atoms with Crippen LogP contribution in [0.3, 0.4) is 0 Å². The highest BCUT2D eigenvalue weighted by atomic mass is 32.2. The van der Waals surface area contributed by atoms with Crippen molar-refractivity contribution in [1.82, 2.24) is 9.55 Å². The van der Waals surface area contributed by atoms with Gasteiger partial charge in [0.2, 0.25) is 5.91 Å². The molecule has 1 N–H and O–H groups in total. The van der Waals surface area contributed by atoms with Crippen LogP contribution in [0.2, 0.25) is 0 Å². The van der Waals surface area contributed by atoms with E-state index in [9.17, 15) is 4.79 Å². The fraction of sp³-hybridized carbons (Fsp3) is 0.286. The SMILES string of the molecule is Cn1ccnc1SC1CCc2ccccc2NC1=O. The predicted octanol–water partition coefficient (Wildman–Crippen LogP) is 2.47. The highest BCUT2D eigenvalue weighted by Crippen LogP contribution is 2.30. The molecule has 1 aliphatic rings. The molecule has 0 aliphatic carbocycles. The average Bonchev–Trinajstić information content (AvgIpc) is 2.73. The van der Waals surface area contributed by atoms with E-state index in [2.05, 4.69) is 16.4 Å². The molecule has 2 heterocycles. The zero-order valence-corrected chi connectivity index (χ0v) is 11.5. The normalized spacial score (nSPS) is 18.6. The first-order valence-electron chi connectivity index (χ1n) is 6.27. The molecular weight excluding hydrogens is 258 g/mol. The molecule has 3 rings (SSSR count). The number of nitrogens with zero attached hydrogens (tertiary/aromatic N) is 2. The van der Waals surface area contributed by atoms with Gasteiger partial charge in [0, 0.05) is 25.1 Å². The zero-order valence-electron chi connectivity index (χ0n) is 10.7. The van der Waals surface area contributed by atoms with Crippen LogP contribution in [0.1, 0.15) is 12.0 Å². The summed E-state index contributed by atoms with van der Waals surface area (Å²) in [5.74, 6) is 0.0675. The van der Waals surface area contributed by atoms with Gasteiger partial charge in [0.05, 0.1) is 5.25 Å². The molecule has 98 valence electrons. The second-order valence-corrected chi connectivity index (χ2v) is 5.78. The van der Waals surface area contributed by atoms with E-state index in [-0.39, 0.29) is 11.2 Å². The number of hydrogen-bond donors (Lipinski definition) is 1. The van der Waals surface area contributed by atoms with Crippen molar-refractivity contribution in [3.8, 4) is 0 Å². The lowest BCUT2D eigenvalue weighted by Crippen LogP contribution is -2.23. The van der Waals surface area contributed by atoms with Crippen molar-refractivity contribution in [2.24, 2.45) is 7.05 Å². The number of para-hydroxylation sites is 1. The van der Waals surface area contributed by atoms with Gasteiger partial charge in [-0.25, -0.2) is 4.98 Å². The van der Waals surface area contributed by atoms with Crippen LogP contribution in [-0.4, -0.2) is 20.7 Å². The van der Waals surface area contributed by atoms with Gasteiger partial charge in [0.25, 0.3) is 0 Å². The third-order valence-electron chi connectivity index (χ3n) is 3.27. The van der Waals surface area contributed by atoms with Crippen LogP contribution in [0.25, 0.3) is 0 Å². The Kier molecular flexibility index (Phi) is 3.29. The van der Waals surface area contributed by atoms with Gasteiger partial charge in [-0.2, -0.15) is 0 Å². The number of imidazole rings is 1. The molecule has 0 fully saturated rings. The number of thioether (sulfide) groups is 1. The number of anilines is 1. The summed E-state index contributed by atoms with van der Waals surface area (Å²) in [7, 11) is 1.94. The summed E-state index contributed by atoms with van der Waals surface area (Å²) in [5.41, 5.74) is 2.15. The molecule has 2 aromatic rings. The molecule has 5 heteroatoms. The molecular formula is C14H15N3OS. The summed E-state index contributed by atoms with van der Waals surface area (Å²) in [4.78, 5) is 16.5. The van der Waals surface area contributed by atoms with Crippen LogP contribution < -0.4 is 5.32 Å². The third kappa shape index (κ3) is 2.51. The second kappa shape index (κ2) is 5.09. The van der Waals surface area contributed by atoms with Crippen LogP contribution in [0, 0.1) is 0 Å². The van der Waals surface area contributed by atoms with Gasteiger partial charge in [-0.15, -0.1) is 0 Å². The minimum atomic E-state index is -0.0894. The van der Waals surface area contributed by atoms with E-state index in [0.29, 0.717) is 0 Å². The standard InChI is InChI=1S/C14H15N3OS/c1-17-9-8-15-14(17)19-12-7-6-10-4-2-3-5-11(10)16-13(12)18/h2-5,8-9,12H,6-7H2,1H3,(H,16,18). The first kappa shape index (κ1) is 12.3. The van der Waals surface area contributed by atoms with E-state index >= 15 is 0 Å². The number of carbonyl (C=O) groups is 1. The molecule has 0 saturated heterocycles. The molecule has 1 aromatic carbocycles. The maximum absolute atomic E-state index is 12.2. The summed E-state index contributed by atoms with van der Waals surface area (Å²) in [6.45, 7) is 0. The zero-order chi connectivity index (χ0) is 13.2. The number of fused-ring (bicyclic) bond motifs is 1. The number of aromatic nitrogens is 2. The minimum absolute atomic E-state index is 0.0675. The van der Waals surface area contributed by atoms with Crippen molar-refractivity contribution in [3.63, 3.8) is 0 Å². The van der Waals surface area contributed by atoms with Crippen LogP contribution in [0.15, 0.2) is 41.8 Å². The molecule has 1 aromatic heterocycles. The quantitative estimate of drug-likeness (QED) is 0.914. The van der Waals surface area contributed by atoms with Crippen molar-refractivity contribution in [1.29, 1.82) is 0 Å². The van der Waals surface area contributed by atoms with Crippen molar-refractivity contribution in [2.75, 3.05) is 5.32 Å². The molecule has 0 radical (unpaired) electrons. The Bertz CT molecular complexity index is 608. The Labute approximate surface area is 116 Å². The number of benzene rings is 1. The first-order valence-corrected chi connectivity index (χ1v) is 7.15. The van der Waals surface area contributed by atoms with Gasteiger partial charge in [-0.1, -0.05) is 30.0 Å². The molecule has 1 amide bonds. The van der Waals surface area contributed by atoms with Crippen molar-refractivity contribution in [2.45, 2.75) is 23.2 Å². The number of rotatable bonds is 2. The fourth-order valence-corrected chi connectivity index (χ4v) is 3.20. The van der Waals surface area contributed by atoms with E-state index in [4.69, 9.17) is 0 Å². The van der Waals surface area contributed by atoms with Gasteiger partial charge in [-0.05, 0) is 24.5 Å². The molecule has 19 heavy (non-hydrogen) atoms. The molecule has 4 nitrogen and oxygen atoms in total. The van der Waals surface area contributed by atoms with Crippen molar-refractivity contribution >= 4 is 23.4 Å². The van der Waals surface area contributed by atoms with Crippen molar-refractivity contribution < 1.29 is 4.79 Å². The smallest absolute Gasteiger partial charge is 0.237 e. The van der Waals surface area contributed by atoms with E-state index in [1.807, 2.05) is 36.0 Å². The van der Waals surface area contributed by atoms with Gasteiger partial charge in [-0.3, -0.25) is 4.79 Å². The summed E-state index contributed by atoms with van der Waals surface area (Å²) in [6.07, 6.45) is 5.40. The third-order valence-corrected chi connectivity index (χ3v) is 4.61. The van der Waals surface area contributed by atoms with E-state index in [1.165, 1.54) is 17.3 Å². The van der Waals surface area contributed by atoms with E-state index in [0.717, 1.165) is 23.7 Å². The molecule has 1 aliphatic heterocycles. The summed E-state index contributed by atoms with van der Waals surface area (Å²) >= 11 is 1.53. The summed E-state index contributed by atoms with van der Waals surface area (Å²) in [6, 6.07) is 7.99. The Morgan fingerprint density at radius 2 is 2.26 bits per heavy atom. The second-order valence-electron chi connectivity index (χ2n) is 4.61. The lowest BCUT2D eigenvalue weighted by atomic mass is 10.1. The molecule has 0 saturated carbocycles. The summed E-state index contributed by atoms with van der Waals surface area (Å²) in [5, 5.41) is 3.80. The predicted molar refractivity (Wildman–Crippen MR) is 76.2 cm³/mol. The highest BCUT2D eigenvalue weighted by molar-refractivity contribution is 8.00.